The van der Waals surface area contributed by atoms with Crippen LogP contribution in [-0.2, 0) is 4.74 Å². The van der Waals surface area contributed by atoms with Gasteiger partial charge in [-0.25, -0.2) is 0 Å². The molecule has 2 heterocycles. The van der Waals surface area contributed by atoms with E-state index in [-0.39, 0.29) is 17.6 Å². The zero-order valence-corrected chi connectivity index (χ0v) is 11.7. The number of nitrogens with one attached hydrogen (secondary N) is 1. The molecular formula is C13H23N3O2. The van der Waals surface area contributed by atoms with E-state index in [0.29, 0.717) is 18.3 Å². The van der Waals surface area contributed by atoms with E-state index >= 15 is 0 Å². The molecule has 5 nitrogen and oxygen atoms in total. The van der Waals surface area contributed by atoms with Gasteiger partial charge in [-0.3, -0.25) is 0 Å². The van der Waals surface area contributed by atoms with E-state index < -0.39 is 0 Å². The average molecular weight is 253 g/mol. The molecule has 1 saturated heterocycles. The SMILES string of the molecule is CCOC(C)c1noc(C2NCCCC2(C)C)n1. The van der Waals surface area contributed by atoms with Crippen LogP contribution < -0.4 is 5.32 Å². The van der Waals surface area contributed by atoms with Gasteiger partial charge in [0.25, 0.3) is 0 Å². The van der Waals surface area contributed by atoms with E-state index in [1.54, 1.807) is 0 Å². The number of hydrogen-bond donors (Lipinski definition) is 1. The van der Waals surface area contributed by atoms with Crippen molar-refractivity contribution >= 4 is 0 Å². The summed E-state index contributed by atoms with van der Waals surface area (Å²) >= 11 is 0. The molecule has 1 aliphatic heterocycles. The fourth-order valence-electron chi connectivity index (χ4n) is 2.49. The van der Waals surface area contributed by atoms with Crippen LogP contribution in [-0.4, -0.2) is 23.3 Å². The maximum atomic E-state index is 5.48. The Balaban J connectivity index is 2.13. The van der Waals surface area contributed by atoms with Crippen LogP contribution >= 0.6 is 0 Å². The van der Waals surface area contributed by atoms with Crippen molar-refractivity contribution in [3.05, 3.63) is 11.7 Å². The highest BCUT2D eigenvalue weighted by molar-refractivity contribution is 5.02. The molecule has 2 rings (SSSR count). The molecule has 0 aliphatic carbocycles. The summed E-state index contributed by atoms with van der Waals surface area (Å²) < 4.78 is 10.9. The second-order valence-electron chi connectivity index (χ2n) is 5.57. The van der Waals surface area contributed by atoms with Gasteiger partial charge in [0.05, 0.1) is 6.04 Å². The Bertz CT molecular complexity index is 389. The third-order valence-electron chi connectivity index (χ3n) is 3.61. The third-order valence-corrected chi connectivity index (χ3v) is 3.61. The smallest absolute Gasteiger partial charge is 0.244 e. The zero-order valence-electron chi connectivity index (χ0n) is 11.7. The summed E-state index contributed by atoms with van der Waals surface area (Å²) in [7, 11) is 0. The summed E-state index contributed by atoms with van der Waals surface area (Å²) in [6, 6.07) is 0.140. The van der Waals surface area contributed by atoms with Gasteiger partial charge in [0.2, 0.25) is 5.89 Å². The first kappa shape index (κ1) is 13.5. The van der Waals surface area contributed by atoms with Crippen molar-refractivity contribution in [1.82, 2.24) is 15.5 Å². The lowest BCUT2D eigenvalue weighted by Crippen LogP contribution is -2.39. The largest absolute Gasteiger partial charge is 0.371 e. The predicted molar refractivity (Wildman–Crippen MR) is 68.1 cm³/mol. The van der Waals surface area contributed by atoms with E-state index in [9.17, 15) is 0 Å². The highest BCUT2D eigenvalue weighted by Gasteiger charge is 2.37. The lowest BCUT2D eigenvalue weighted by Gasteiger charge is -2.36. The van der Waals surface area contributed by atoms with Crippen molar-refractivity contribution in [3.8, 4) is 0 Å². The normalized spacial score (nSPS) is 25.0. The maximum Gasteiger partial charge on any atom is 0.244 e. The van der Waals surface area contributed by atoms with Crippen molar-refractivity contribution in [1.29, 1.82) is 0 Å². The fourth-order valence-corrected chi connectivity index (χ4v) is 2.49. The van der Waals surface area contributed by atoms with Crippen LogP contribution in [0.15, 0.2) is 4.52 Å². The highest BCUT2D eigenvalue weighted by atomic mass is 16.5. The summed E-state index contributed by atoms with van der Waals surface area (Å²) in [4.78, 5) is 4.48. The van der Waals surface area contributed by atoms with Crippen LogP contribution in [0.2, 0.25) is 0 Å². The molecule has 0 aromatic carbocycles. The Kier molecular flexibility index (Phi) is 4.02. The Labute approximate surface area is 108 Å². The molecule has 0 bridgehead atoms. The third kappa shape index (κ3) is 2.72. The molecule has 102 valence electrons. The summed E-state index contributed by atoms with van der Waals surface area (Å²) in [5, 5.41) is 7.50. The molecule has 0 spiro atoms. The fraction of sp³-hybridized carbons (Fsp3) is 0.846. The van der Waals surface area contributed by atoms with Gasteiger partial charge < -0.3 is 14.6 Å². The van der Waals surface area contributed by atoms with Gasteiger partial charge in [-0.1, -0.05) is 19.0 Å². The molecule has 1 N–H and O–H groups in total. The first-order valence-corrected chi connectivity index (χ1v) is 6.73. The Hall–Kier alpha value is -0.940. The number of aromatic nitrogens is 2. The second kappa shape index (κ2) is 5.36. The Morgan fingerprint density at radius 2 is 2.33 bits per heavy atom. The first-order chi connectivity index (χ1) is 8.54. The van der Waals surface area contributed by atoms with Crippen molar-refractivity contribution in [2.45, 2.75) is 52.7 Å². The zero-order chi connectivity index (χ0) is 13.2. The molecule has 18 heavy (non-hydrogen) atoms. The molecule has 1 aliphatic rings. The lowest BCUT2D eigenvalue weighted by molar-refractivity contribution is 0.0683. The van der Waals surface area contributed by atoms with Gasteiger partial charge in [-0.05, 0) is 38.6 Å². The van der Waals surface area contributed by atoms with E-state index in [0.717, 1.165) is 6.54 Å². The molecular weight excluding hydrogens is 230 g/mol. The molecule has 1 fully saturated rings. The van der Waals surface area contributed by atoms with Crippen LogP contribution in [0, 0.1) is 5.41 Å². The van der Waals surface area contributed by atoms with Crippen molar-refractivity contribution < 1.29 is 9.26 Å². The number of ether oxygens (including phenoxy) is 1. The van der Waals surface area contributed by atoms with E-state index in [1.807, 2.05) is 13.8 Å². The summed E-state index contributed by atoms with van der Waals surface area (Å²) in [5.41, 5.74) is 0.150. The van der Waals surface area contributed by atoms with Crippen molar-refractivity contribution in [2.24, 2.45) is 5.41 Å². The minimum Gasteiger partial charge on any atom is -0.371 e. The molecule has 0 radical (unpaired) electrons. The van der Waals surface area contributed by atoms with E-state index in [4.69, 9.17) is 9.26 Å². The molecule has 2 unspecified atom stereocenters. The molecule has 0 saturated carbocycles. The predicted octanol–water partition coefficient (Wildman–Crippen LogP) is 2.62. The number of rotatable bonds is 4. The number of nitrogens with zero attached hydrogens (tertiary/aromatic N) is 2. The van der Waals surface area contributed by atoms with Gasteiger partial charge in [0.1, 0.15) is 6.10 Å². The molecule has 2 atom stereocenters. The summed E-state index contributed by atoms with van der Waals surface area (Å²) in [6.45, 7) is 10.0. The van der Waals surface area contributed by atoms with Gasteiger partial charge >= 0.3 is 0 Å². The summed E-state index contributed by atoms with van der Waals surface area (Å²) in [5.74, 6) is 1.32. The molecule has 0 amide bonds. The quantitative estimate of drug-likeness (QED) is 0.893. The van der Waals surface area contributed by atoms with E-state index in [2.05, 4.69) is 29.3 Å². The highest BCUT2D eigenvalue weighted by Crippen LogP contribution is 2.39. The van der Waals surface area contributed by atoms with Crippen LogP contribution in [0.5, 0.6) is 0 Å². The van der Waals surface area contributed by atoms with E-state index in [1.165, 1.54) is 12.8 Å². The van der Waals surface area contributed by atoms with Crippen molar-refractivity contribution in [3.63, 3.8) is 0 Å². The van der Waals surface area contributed by atoms with Gasteiger partial charge in [-0.2, -0.15) is 4.98 Å². The Morgan fingerprint density at radius 1 is 1.56 bits per heavy atom. The standard InChI is InChI=1S/C13H23N3O2/c1-5-17-9(2)11-15-12(18-16-11)10-13(3,4)7-6-8-14-10/h9-10,14H,5-8H2,1-4H3. The molecule has 5 heteroatoms. The van der Waals surface area contributed by atoms with Crippen LogP contribution in [0.25, 0.3) is 0 Å². The minimum atomic E-state index is -0.112. The van der Waals surface area contributed by atoms with Gasteiger partial charge in [0.15, 0.2) is 5.82 Å². The summed E-state index contributed by atoms with van der Waals surface area (Å²) in [6.07, 6.45) is 2.25. The minimum absolute atomic E-state index is 0.112. The number of piperidine rings is 1. The Morgan fingerprint density at radius 3 is 3.00 bits per heavy atom. The molecule has 1 aromatic heterocycles. The topological polar surface area (TPSA) is 60.2 Å². The van der Waals surface area contributed by atoms with Gasteiger partial charge in [0, 0.05) is 6.61 Å². The van der Waals surface area contributed by atoms with Crippen LogP contribution in [0.3, 0.4) is 0 Å². The first-order valence-electron chi connectivity index (χ1n) is 6.73. The lowest BCUT2D eigenvalue weighted by atomic mass is 9.77. The maximum absolute atomic E-state index is 5.48. The molecule has 1 aromatic rings. The van der Waals surface area contributed by atoms with Gasteiger partial charge in [-0.15, -0.1) is 0 Å². The van der Waals surface area contributed by atoms with Crippen LogP contribution in [0.1, 0.15) is 64.4 Å². The second-order valence-corrected chi connectivity index (χ2v) is 5.57. The average Bonchev–Trinajstić information content (AvgIpc) is 2.78. The van der Waals surface area contributed by atoms with Crippen LogP contribution in [0.4, 0.5) is 0 Å². The monoisotopic (exact) mass is 253 g/mol. The number of hydrogen-bond acceptors (Lipinski definition) is 5. The van der Waals surface area contributed by atoms with Crippen molar-refractivity contribution in [2.75, 3.05) is 13.2 Å².